The van der Waals surface area contributed by atoms with Crippen LogP contribution in [0, 0.1) is 0 Å². The number of hydrogen-bond acceptors (Lipinski definition) is 4. The maximum atomic E-state index is 5.57. The number of oxazole rings is 1. The SMILES string of the molecule is CCNCCSc1nc2ccccc2o1. The van der Waals surface area contributed by atoms with Crippen molar-refractivity contribution in [3.8, 4) is 0 Å². The monoisotopic (exact) mass is 222 g/mol. The molecule has 0 bridgehead atoms. The fourth-order valence-corrected chi connectivity index (χ4v) is 2.03. The van der Waals surface area contributed by atoms with E-state index >= 15 is 0 Å². The number of fused-ring (bicyclic) bond motifs is 1. The molecule has 0 radical (unpaired) electrons. The van der Waals surface area contributed by atoms with Crippen molar-refractivity contribution in [2.24, 2.45) is 0 Å². The lowest BCUT2D eigenvalue weighted by Crippen LogP contribution is -2.15. The van der Waals surface area contributed by atoms with Gasteiger partial charge in [-0.15, -0.1) is 0 Å². The van der Waals surface area contributed by atoms with Gasteiger partial charge in [-0.2, -0.15) is 0 Å². The Morgan fingerprint density at radius 1 is 1.40 bits per heavy atom. The van der Waals surface area contributed by atoms with Crippen LogP contribution in [-0.4, -0.2) is 23.8 Å². The Balaban J connectivity index is 1.97. The standard InChI is InChI=1S/C11H14N2OS/c1-2-12-7-8-15-11-13-9-5-3-4-6-10(9)14-11/h3-6,12H,2,7-8H2,1H3. The van der Waals surface area contributed by atoms with Crippen LogP contribution in [0.15, 0.2) is 33.9 Å². The third-order valence-electron chi connectivity index (χ3n) is 2.03. The van der Waals surface area contributed by atoms with Crippen LogP contribution in [0.5, 0.6) is 0 Å². The molecule has 1 heterocycles. The maximum absolute atomic E-state index is 5.57. The molecule has 0 atom stereocenters. The molecule has 3 nitrogen and oxygen atoms in total. The van der Waals surface area contributed by atoms with E-state index in [4.69, 9.17) is 4.42 Å². The molecule has 0 amide bonds. The van der Waals surface area contributed by atoms with E-state index in [2.05, 4.69) is 17.2 Å². The number of rotatable bonds is 5. The van der Waals surface area contributed by atoms with Gasteiger partial charge in [-0.25, -0.2) is 4.98 Å². The highest BCUT2D eigenvalue weighted by molar-refractivity contribution is 7.99. The molecule has 0 saturated heterocycles. The van der Waals surface area contributed by atoms with Crippen LogP contribution in [0.3, 0.4) is 0 Å². The Hall–Kier alpha value is -1.00. The average molecular weight is 222 g/mol. The second-order valence-electron chi connectivity index (χ2n) is 3.15. The zero-order chi connectivity index (χ0) is 10.5. The molecular weight excluding hydrogens is 208 g/mol. The summed E-state index contributed by atoms with van der Waals surface area (Å²) in [6.07, 6.45) is 0. The van der Waals surface area contributed by atoms with E-state index in [1.807, 2.05) is 24.3 Å². The summed E-state index contributed by atoms with van der Waals surface area (Å²) in [7, 11) is 0. The molecule has 0 aliphatic rings. The molecule has 0 aliphatic heterocycles. The summed E-state index contributed by atoms with van der Waals surface area (Å²) in [5, 5.41) is 4.02. The Morgan fingerprint density at radius 2 is 2.27 bits per heavy atom. The van der Waals surface area contributed by atoms with Crippen LogP contribution in [0.25, 0.3) is 11.1 Å². The van der Waals surface area contributed by atoms with Crippen molar-refractivity contribution < 1.29 is 4.42 Å². The van der Waals surface area contributed by atoms with E-state index in [0.29, 0.717) is 0 Å². The van der Waals surface area contributed by atoms with Gasteiger partial charge >= 0.3 is 0 Å². The van der Waals surface area contributed by atoms with E-state index in [1.165, 1.54) is 0 Å². The maximum Gasteiger partial charge on any atom is 0.256 e. The fourth-order valence-electron chi connectivity index (χ4n) is 1.30. The molecule has 15 heavy (non-hydrogen) atoms. The first-order valence-electron chi connectivity index (χ1n) is 5.09. The van der Waals surface area contributed by atoms with E-state index in [-0.39, 0.29) is 0 Å². The summed E-state index contributed by atoms with van der Waals surface area (Å²) in [6.45, 7) is 4.10. The smallest absolute Gasteiger partial charge is 0.256 e. The molecule has 80 valence electrons. The number of para-hydroxylation sites is 2. The van der Waals surface area contributed by atoms with Crippen molar-refractivity contribution in [1.29, 1.82) is 0 Å². The number of hydrogen-bond donors (Lipinski definition) is 1. The van der Waals surface area contributed by atoms with E-state index in [1.54, 1.807) is 11.8 Å². The van der Waals surface area contributed by atoms with Crippen LogP contribution in [-0.2, 0) is 0 Å². The normalized spacial score (nSPS) is 11.0. The zero-order valence-electron chi connectivity index (χ0n) is 8.69. The van der Waals surface area contributed by atoms with Gasteiger partial charge in [0.15, 0.2) is 5.58 Å². The number of aromatic nitrogens is 1. The average Bonchev–Trinajstić information content (AvgIpc) is 2.67. The zero-order valence-corrected chi connectivity index (χ0v) is 9.51. The van der Waals surface area contributed by atoms with Gasteiger partial charge in [0, 0.05) is 12.3 Å². The van der Waals surface area contributed by atoms with Crippen LogP contribution < -0.4 is 5.32 Å². The number of thioether (sulfide) groups is 1. The Morgan fingerprint density at radius 3 is 3.07 bits per heavy atom. The lowest BCUT2D eigenvalue weighted by atomic mass is 10.3. The van der Waals surface area contributed by atoms with Crippen molar-refractivity contribution in [2.75, 3.05) is 18.8 Å². The van der Waals surface area contributed by atoms with Crippen LogP contribution in [0.4, 0.5) is 0 Å². The Kier molecular flexibility index (Phi) is 3.64. The summed E-state index contributed by atoms with van der Waals surface area (Å²) < 4.78 is 5.57. The molecule has 2 rings (SSSR count). The molecule has 0 fully saturated rings. The Labute approximate surface area is 93.3 Å². The van der Waals surface area contributed by atoms with Crippen LogP contribution in [0.2, 0.25) is 0 Å². The van der Waals surface area contributed by atoms with Gasteiger partial charge in [0.25, 0.3) is 5.22 Å². The molecule has 0 spiro atoms. The molecule has 0 unspecified atom stereocenters. The van der Waals surface area contributed by atoms with Crippen molar-refractivity contribution >= 4 is 22.9 Å². The van der Waals surface area contributed by atoms with Crippen molar-refractivity contribution in [3.05, 3.63) is 24.3 Å². The van der Waals surface area contributed by atoms with E-state index in [9.17, 15) is 0 Å². The highest BCUT2D eigenvalue weighted by Gasteiger charge is 2.04. The quantitative estimate of drug-likeness (QED) is 0.623. The van der Waals surface area contributed by atoms with Gasteiger partial charge in [0.1, 0.15) is 5.52 Å². The third-order valence-corrected chi connectivity index (χ3v) is 2.86. The topological polar surface area (TPSA) is 38.1 Å². The summed E-state index contributed by atoms with van der Waals surface area (Å²) >= 11 is 1.65. The van der Waals surface area contributed by atoms with Crippen molar-refractivity contribution in [2.45, 2.75) is 12.1 Å². The molecular formula is C11H14N2OS. The van der Waals surface area contributed by atoms with Gasteiger partial charge in [-0.3, -0.25) is 0 Å². The second kappa shape index (κ2) is 5.19. The first kappa shape index (κ1) is 10.5. The Bertz CT molecular complexity index is 394. The van der Waals surface area contributed by atoms with Gasteiger partial charge < -0.3 is 9.73 Å². The minimum absolute atomic E-state index is 0.758. The van der Waals surface area contributed by atoms with E-state index < -0.39 is 0 Å². The molecule has 0 saturated carbocycles. The van der Waals surface area contributed by atoms with Crippen molar-refractivity contribution in [1.82, 2.24) is 10.3 Å². The minimum atomic E-state index is 0.758. The predicted molar refractivity (Wildman–Crippen MR) is 63.3 cm³/mol. The first-order valence-corrected chi connectivity index (χ1v) is 6.08. The number of nitrogens with zero attached hydrogens (tertiary/aromatic N) is 1. The molecule has 4 heteroatoms. The lowest BCUT2D eigenvalue weighted by Gasteiger charge is -1.97. The van der Waals surface area contributed by atoms with Gasteiger partial charge in [0.2, 0.25) is 0 Å². The van der Waals surface area contributed by atoms with Gasteiger partial charge in [0.05, 0.1) is 0 Å². The summed E-state index contributed by atoms with van der Waals surface area (Å²) in [4.78, 5) is 4.38. The minimum Gasteiger partial charge on any atom is -0.431 e. The molecule has 1 aromatic carbocycles. The summed E-state index contributed by atoms with van der Waals surface area (Å²) in [5.41, 5.74) is 1.80. The number of nitrogens with one attached hydrogen (secondary N) is 1. The highest BCUT2D eigenvalue weighted by atomic mass is 32.2. The highest BCUT2D eigenvalue weighted by Crippen LogP contribution is 2.22. The molecule has 0 aliphatic carbocycles. The van der Waals surface area contributed by atoms with Crippen molar-refractivity contribution in [3.63, 3.8) is 0 Å². The first-order chi connectivity index (χ1) is 7.40. The van der Waals surface area contributed by atoms with Crippen LogP contribution in [0.1, 0.15) is 6.92 Å². The van der Waals surface area contributed by atoms with Crippen LogP contribution >= 0.6 is 11.8 Å². The fraction of sp³-hybridized carbons (Fsp3) is 0.364. The lowest BCUT2D eigenvalue weighted by molar-refractivity contribution is 0.489. The van der Waals surface area contributed by atoms with Gasteiger partial charge in [-0.05, 0) is 18.7 Å². The predicted octanol–water partition coefficient (Wildman–Crippen LogP) is 2.53. The number of benzene rings is 1. The second-order valence-corrected chi connectivity index (χ2v) is 4.20. The molecule has 1 aromatic heterocycles. The summed E-state index contributed by atoms with van der Waals surface area (Å²) in [6, 6.07) is 7.84. The largest absolute Gasteiger partial charge is 0.431 e. The summed E-state index contributed by atoms with van der Waals surface area (Å²) in [5.74, 6) is 0.987. The molecule has 2 aromatic rings. The third kappa shape index (κ3) is 2.73. The molecule has 1 N–H and O–H groups in total. The van der Waals surface area contributed by atoms with Gasteiger partial charge in [-0.1, -0.05) is 30.8 Å². The van der Waals surface area contributed by atoms with E-state index in [0.717, 1.165) is 35.2 Å².